The minimum Gasteiger partial charge on any atom is -1.00 e. The first-order valence-electron chi connectivity index (χ1n) is 3.08. The quantitative estimate of drug-likeness (QED) is 0.367. The molecule has 0 saturated carbocycles. The van der Waals surface area contributed by atoms with E-state index in [2.05, 4.69) is 11.9 Å². The second-order valence-corrected chi connectivity index (χ2v) is 2.62. The van der Waals surface area contributed by atoms with Crippen molar-refractivity contribution in [1.29, 1.82) is 0 Å². The van der Waals surface area contributed by atoms with Crippen molar-refractivity contribution in [1.82, 2.24) is 5.32 Å². The van der Waals surface area contributed by atoms with Crippen LogP contribution in [0.3, 0.4) is 0 Å². The molecule has 0 aliphatic rings. The summed E-state index contributed by atoms with van der Waals surface area (Å²) in [4.78, 5) is 21.1. The van der Waals surface area contributed by atoms with Crippen molar-refractivity contribution < 1.29 is 45.7 Å². The van der Waals surface area contributed by atoms with Gasteiger partial charge in [-0.15, -0.1) is 0 Å². The smallest absolute Gasteiger partial charge is 1.00 e. The van der Waals surface area contributed by atoms with Crippen molar-refractivity contribution in [3.05, 3.63) is 12.7 Å². The Kier molecular flexibility index (Phi) is 6.34. The molecule has 0 atom stereocenters. The van der Waals surface area contributed by atoms with Gasteiger partial charge in [0, 0.05) is 0 Å². The standard InChI is InChI=1S/C7H11NO3.Na.H/c1-4-5(9)8-7(2,3)6(10)11;;/h4H,1H2,2-3H3,(H,8,9)(H,10,11);;/q;+1;-1. The second-order valence-electron chi connectivity index (χ2n) is 2.62. The summed E-state index contributed by atoms with van der Waals surface area (Å²) in [5, 5.41) is 10.8. The van der Waals surface area contributed by atoms with Crippen molar-refractivity contribution in [3.63, 3.8) is 0 Å². The number of carbonyl (C=O) groups excluding carboxylic acids is 1. The summed E-state index contributed by atoms with van der Waals surface area (Å²) < 4.78 is 0. The number of hydrogen-bond acceptors (Lipinski definition) is 2. The molecular formula is C7H12NNaO3. The zero-order valence-corrected chi connectivity index (χ0v) is 9.55. The van der Waals surface area contributed by atoms with Gasteiger partial charge in [0.25, 0.3) is 0 Å². The van der Waals surface area contributed by atoms with Gasteiger partial charge in [-0.25, -0.2) is 4.79 Å². The van der Waals surface area contributed by atoms with Crippen LogP contribution in [-0.4, -0.2) is 22.5 Å². The number of rotatable bonds is 3. The van der Waals surface area contributed by atoms with Gasteiger partial charge in [-0.2, -0.15) is 0 Å². The summed E-state index contributed by atoms with van der Waals surface area (Å²) in [5.74, 6) is -1.56. The van der Waals surface area contributed by atoms with Crippen molar-refractivity contribution in [2.45, 2.75) is 19.4 Å². The maximum absolute atomic E-state index is 10.6. The summed E-state index contributed by atoms with van der Waals surface area (Å²) in [6.45, 7) is 6.00. The Morgan fingerprint density at radius 1 is 1.58 bits per heavy atom. The molecular weight excluding hydrogens is 169 g/mol. The summed E-state index contributed by atoms with van der Waals surface area (Å²) in [6, 6.07) is 0. The molecule has 0 spiro atoms. The van der Waals surface area contributed by atoms with E-state index in [9.17, 15) is 9.59 Å². The van der Waals surface area contributed by atoms with Crippen molar-refractivity contribution >= 4 is 11.9 Å². The van der Waals surface area contributed by atoms with E-state index in [0.29, 0.717) is 0 Å². The molecule has 0 saturated heterocycles. The largest absolute Gasteiger partial charge is 1.00 e. The number of aliphatic carboxylic acids is 1. The molecule has 12 heavy (non-hydrogen) atoms. The average Bonchev–Trinajstić information content (AvgIpc) is 1.86. The van der Waals surface area contributed by atoms with Gasteiger partial charge in [0.15, 0.2) is 0 Å². The van der Waals surface area contributed by atoms with E-state index in [1.54, 1.807) is 0 Å². The average molecular weight is 181 g/mol. The molecule has 0 unspecified atom stereocenters. The fourth-order valence-electron chi connectivity index (χ4n) is 0.412. The predicted octanol–water partition coefficient (Wildman–Crippen LogP) is -2.73. The van der Waals surface area contributed by atoms with Gasteiger partial charge >= 0.3 is 35.5 Å². The third-order valence-electron chi connectivity index (χ3n) is 1.16. The SMILES string of the molecule is C=CC(=O)NC(C)(C)C(=O)O.[H-].[Na+]. The molecule has 64 valence electrons. The van der Waals surface area contributed by atoms with E-state index >= 15 is 0 Å². The van der Waals surface area contributed by atoms with Crippen molar-refractivity contribution in [2.75, 3.05) is 0 Å². The van der Waals surface area contributed by atoms with Gasteiger partial charge in [-0.3, -0.25) is 4.79 Å². The minimum absolute atomic E-state index is 0. The van der Waals surface area contributed by atoms with Crippen LogP contribution in [0.5, 0.6) is 0 Å². The summed E-state index contributed by atoms with van der Waals surface area (Å²) in [6.07, 6.45) is 1.03. The van der Waals surface area contributed by atoms with Gasteiger partial charge in [0.1, 0.15) is 5.54 Å². The Labute approximate surface area is 94.8 Å². The van der Waals surface area contributed by atoms with Gasteiger partial charge in [0.05, 0.1) is 0 Å². The maximum atomic E-state index is 10.6. The van der Waals surface area contributed by atoms with E-state index in [1.165, 1.54) is 13.8 Å². The topological polar surface area (TPSA) is 66.4 Å². The number of hydrogen-bond donors (Lipinski definition) is 2. The van der Waals surface area contributed by atoms with E-state index in [4.69, 9.17) is 5.11 Å². The Bertz CT molecular complexity index is 206. The maximum Gasteiger partial charge on any atom is 1.00 e. The molecule has 1 amide bonds. The van der Waals surface area contributed by atoms with Crippen LogP contribution in [0, 0.1) is 0 Å². The Morgan fingerprint density at radius 2 is 2.00 bits per heavy atom. The van der Waals surface area contributed by atoms with Crippen LogP contribution in [-0.2, 0) is 9.59 Å². The fraction of sp³-hybridized carbons (Fsp3) is 0.429. The number of carbonyl (C=O) groups is 2. The molecule has 4 nitrogen and oxygen atoms in total. The Hall–Kier alpha value is -0.320. The molecule has 0 aromatic heterocycles. The molecule has 5 heteroatoms. The molecule has 0 aliphatic heterocycles. The fourth-order valence-corrected chi connectivity index (χ4v) is 0.412. The van der Waals surface area contributed by atoms with Crippen LogP contribution in [0.2, 0.25) is 0 Å². The molecule has 0 radical (unpaired) electrons. The molecule has 0 aromatic carbocycles. The van der Waals surface area contributed by atoms with Crippen LogP contribution >= 0.6 is 0 Å². The molecule has 0 heterocycles. The van der Waals surface area contributed by atoms with Crippen LogP contribution in [0.1, 0.15) is 15.3 Å². The molecule has 2 N–H and O–H groups in total. The summed E-state index contributed by atoms with van der Waals surface area (Å²) >= 11 is 0. The number of carboxylic acid groups (broad SMARTS) is 1. The van der Waals surface area contributed by atoms with Crippen molar-refractivity contribution in [3.8, 4) is 0 Å². The third-order valence-corrected chi connectivity index (χ3v) is 1.16. The monoisotopic (exact) mass is 181 g/mol. The van der Waals surface area contributed by atoms with E-state index in [0.717, 1.165) is 6.08 Å². The second kappa shape index (κ2) is 5.35. The van der Waals surface area contributed by atoms with Crippen molar-refractivity contribution in [2.24, 2.45) is 0 Å². The molecule has 0 aliphatic carbocycles. The van der Waals surface area contributed by atoms with Crippen LogP contribution in [0.25, 0.3) is 0 Å². The number of carboxylic acids is 1. The van der Waals surface area contributed by atoms with Gasteiger partial charge < -0.3 is 11.8 Å². The Balaban J connectivity index is -0.000000500. The zero-order chi connectivity index (χ0) is 9.07. The number of nitrogens with one attached hydrogen (secondary N) is 1. The van der Waals surface area contributed by atoms with Gasteiger partial charge in [-0.05, 0) is 19.9 Å². The van der Waals surface area contributed by atoms with Crippen LogP contribution in [0.4, 0.5) is 0 Å². The number of amides is 1. The molecule has 0 fully saturated rings. The Morgan fingerprint density at radius 3 is 2.25 bits per heavy atom. The van der Waals surface area contributed by atoms with E-state index in [-0.39, 0.29) is 31.0 Å². The normalized spacial score (nSPS) is 9.50. The first-order chi connectivity index (χ1) is 4.90. The van der Waals surface area contributed by atoms with Crippen LogP contribution in [0.15, 0.2) is 12.7 Å². The van der Waals surface area contributed by atoms with E-state index < -0.39 is 17.4 Å². The first kappa shape index (κ1) is 14.2. The summed E-state index contributed by atoms with van der Waals surface area (Å²) in [5.41, 5.74) is -1.23. The molecule has 0 bridgehead atoms. The molecule has 0 rings (SSSR count). The van der Waals surface area contributed by atoms with E-state index in [1.807, 2.05) is 0 Å². The van der Waals surface area contributed by atoms with Crippen LogP contribution < -0.4 is 34.9 Å². The third kappa shape index (κ3) is 4.54. The minimum atomic E-state index is -1.23. The molecule has 0 aromatic rings. The predicted molar refractivity (Wildman–Crippen MR) is 41.2 cm³/mol. The zero-order valence-electron chi connectivity index (χ0n) is 8.55. The first-order valence-corrected chi connectivity index (χ1v) is 3.08. The van der Waals surface area contributed by atoms with Gasteiger partial charge in [0.2, 0.25) is 5.91 Å². The van der Waals surface area contributed by atoms with Gasteiger partial charge in [-0.1, -0.05) is 6.58 Å². The summed E-state index contributed by atoms with van der Waals surface area (Å²) in [7, 11) is 0.